The first-order valence-corrected chi connectivity index (χ1v) is 9.01. The standard InChI is InChI=1S/C19H29N3O4/c1-5-14(2)20-18(23)13-21-8-10-22(11-9-21)19(24)16-12-15(25-3)6-7-17(16)26-4/h6-7,12,14H,5,8-11,13H2,1-4H3,(H,20,23). The lowest BCUT2D eigenvalue weighted by molar-refractivity contribution is -0.123. The van der Waals surface area contributed by atoms with Crippen LogP contribution < -0.4 is 14.8 Å². The number of rotatable bonds is 7. The fourth-order valence-corrected chi connectivity index (χ4v) is 2.89. The topological polar surface area (TPSA) is 71.1 Å². The number of amides is 2. The van der Waals surface area contributed by atoms with Gasteiger partial charge in [0.15, 0.2) is 0 Å². The SMILES string of the molecule is CCC(C)NC(=O)CN1CCN(C(=O)c2cc(OC)ccc2OC)CC1. The number of carbonyl (C=O) groups is 2. The van der Waals surface area contributed by atoms with Crippen molar-refractivity contribution in [3.05, 3.63) is 23.8 Å². The van der Waals surface area contributed by atoms with Crippen LogP contribution in [0.4, 0.5) is 0 Å². The van der Waals surface area contributed by atoms with E-state index in [4.69, 9.17) is 9.47 Å². The second-order valence-electron chi connectivity index (χ2n) is 6.51. The number of carbonyl (C=O) groups excluding carboxylic acids is 2. The van der Waals surface area contributed by atoms with Gasteiger partial charge in [0.25, 0.3) is 5.91 Å². The van der Waals surface area contributed by atoms with Gasteiger partial charge in [0, 0.05) is 32.2 Å². The zero-order chi connectivity index (χ0) is 19.1. The number of hydrogen-bond donors (Lipinski definition) is 1. The number of ether oxygens (including phenoxy) is 2. The van der Waals surface area contributed by atoms with E-state index in [1.807, 2.05) is 13.8 Å². The molecule has 26 heavy (non-hydrogen) atoms. The van der Waals surface area contributed by atoms with E-state index in [1.165, 1.54) is 0 Å². The number of piperazine rings is 1. The molecule has 1 heterocycles. The third-order valence-corrected chi connectivity index (χ3v) is 4.68. The van der Waals surface area contributed by atoms with Crippen molar-refractivity contribution >= 4 is 11.8 Å². The highest BCUT2D eigenvalue weighted by atomic mass is 16.5. The highest BCUT2D eigenvalue weighted by Gasteiger charge is 2.25. The Morgan fingerprint density at radius 3 is 2.42 bits per heavy atom. The van der Waals surface area contributed by atoms with Gasteiger partial charge < -0.3 is 19.7 Å². The maximum atomic E-state index is 12.9. The number of nitrogens with one attached hydrogen (secondary N) is 1. The first kappa shape index (κ1) is 20.0. The van der Waals surface area contributed by atoms with Crippen molar-refractivity contribution in [1.29, 1.82) is 0 Å². The monoisotopic (exact) mass is 363 g/mol. The van der Waals surface area contributed by atoms with Crippen LogP contribution in [0.15, 0.2) is 18.2 Å². The Bertz CT molecular complexity index is 627. The second kappa shape index (κ2) is 9.43. The maximum absolute atomic E-state index is 12.9. The van der Waals surface area contributed by atoms with Gasteiger partial charge in [0.05, 0.1) is 26.3 Å². The molecule has 0 aromatic heterocycles. The highest BCUT2D eigenvalue weighted by molar-refractivity contribution is 5.97. The van der Waals surface area contributed by atoms with Crippen molar-refractivity contribution in [2.45, 2.75) is 26.3 Å². The largest absolute Gasteiger partial charge is 0.497 e. The Hall–Kier alpha value is -2.28. The molecule has 0 saturated carbocycles. The Balaban J connectivity index is 1.93. The van der Waals surface area contributed by atoms with E-state index in [2.05, 4.69) is 10.2 Å². The van der Waals surface area contributed by atoms with E-state index in [-0.39, 0.29) is 17.9 Å². The van der Waals surface area contributed by atoms with Crippen LogP contribution in [0.3, 0.4) is 0 Å². The van der Waals surface area contributed by atoms with Crippen LogP contribution in [0.5, 0.6) is 11.5 Å². The Morgan fingerprint density at radius 2 is 1.85 bits per heavy atom. The molecule has 144 valence electrons. The average Bonchev–Trinajstić information content (AvgIpc) is 2.67. The molecule has 1 fully saturated rings. The van der Waals surface area contributed by atoms with Gasteiger partial charge in [0.2, 0.25) is 5.91 Å². The summed E-state index contributed by atoms with van der Waals surface area (Å²) in [6, 6.07) is 5.39. The van der Waals surface area contributed by atoms with Crippen LogP contribution in [0.2, 0.25) is 0 Å². The summed E-state index contributed by atoms with van der Waals surface area (Å²) in [7, 11) is 3.12. The average molecular weight is 363 g/mol. The van der Waals surface area contributed by atoms with Gasteiger partial charge in [-0.05, 0) is 31.5 Å². The summed E-state index contributed by atoms with van der Waals surface area (Å²) in [6.45, 7) is 6.91. The Kier molecular flexibility index (Phi) is 7.26. The van der Waals surface area contributed by atoms with Crippen molar-refractivity contribution in [3.8, 4) is 11.5 Å². The number of benzene rings is 1. The lowest BCUT2D eigenvalue weighted by atomic mass is 10.1. The number of hydrogen-bond acceptors (Lipinski definition) is 5. The van der Waals surface area contributed by atoms with E-state index in [0.717, 1.165) is 6.42 Å². The van der Waals surface area contributed by atoms with Gasteiger partial charge in [0.1, 0.15) is 11.5 Å². The molecular formula is C19H29N3O4. The minimum absolute atomic E-state index is 0.0357. The van der Waals surface area contributed by atoms with Crippen LogP contribution in [0.1, 0.15) is 30.6 Å². The van der Waals surface area contributed by atoms with Gasteiger partial charge in [-0.3, -0.25) is 14.5 Å². The molecule has 1 atom stereocenters. The van der Waals surface area contributed by atoms with Crippen molar-refractivity contribution in [1.82, 2.24) is 15.1 Å². The van der Waals surface area contributed by atoms with Crippen molar-refractivity contribution in [2.24, 2.45) is 0 Å². The summed E-state index contributed by atoms with van der Waals surface area (Å²) in [5, 5.41) is 2.97. The van der Waals surface area contributed by atoms with Gasteiger partial charge in [-0.1, -0.05) is 6.92 Å². The summed E-state index contributed by atoms with van der Waals surface area (Å²) in [5.41, 5.74) is 0.495. The molecule has 2 amide bonds. The molecule has 7 heteroatoms. The third-order valence-electron chi connectivity index (χ3n) is 4.68. The van der Waals surface area contributed by atoms with E-state index < -0.39 is 0 Å². The van der Waals surface area contributed by atoms with Gasteiger partial charge in [-0.2, -0.15) is 0 Å². The van der Waals surface area contributed by atoms with Crippen LogP contribution in [0, 0.1) is 0 Å². The predicted octanol–water partition coefficient (Wildman–Crippen LogP) is 1.38. The summed E-state index contributed by atoms with van der Waals surface area (Å²) < 4.78 is 10.5. The quantitative estimate of drug-likeness (QED) is 0.792. The Morgan fingerprint density at radius 1 is 1.15 bits per heavy atom. The maximum Gasteiger partial charge on any atom is 0.257 e. The van der Waals surface area contributed by atoms with Crippen molar-refractivity contribution in [3.63, 3.8) is 0 Å². The molecule has 1 aliphatic heterocycles. The first-order valence-electron chi connectivity index (χ1n) is 9.01. The molecule has 7 nitrogen and oxygen atoms in total. The molecule has 2 rings (SSSR count). The molecule has 1 aromatic rings. The molecule has 1 N–H and O–H groups in total. The zero-order valence-electron chi connectivity index (χ0n) is 16.1. The molecule has 0 radical (unpaired) electrons. The highest BCUT2D eigenvalue weighted by Crippen LogP contribution is 2.25. The molecule has 1 aliphatic rings. The van der Waals surface area contributed by atoms with Crippen molar-refractivity contribution in [2.75, 3.05) is 46.9 Å². The van der Waals surface area contributed by atoms with Gasteiger partial charge in [-0.25, -0.2) is 0 Å². The summed E-state index contributed by atoms with van der Waals surface area (Å²) in [6.07, 6.45) is 0.913. The number of nitrogens with zero attached hydrogens (tertiary/aromatic N) is 2. The molecule has 0 aliphatic carbocycles. The van der Waals surface area contributed by atoms with Crippen LogP contribution in [0.25, 0.3) is 0 Å². The molecular weight excluding hydrogens is 334 g/mol. The molecule has 1 saturated heterocycles. The third kappa shape index (κ3) is 5.11. The van der Waals surface area contributed by atoms with E-state index in [9.17, 15) is 9.59 Å². The fourth-order valence-electron chi connectivity index (χ4n) is 2.89. The van der Waals surface area contributed by atoms with E-state index in [1.54, 1.807) is 37.3 Å². The predicted molar refractivity (Wildman–Crippen MR) is 99.8 cm³/mol. The molecule has 1 aromatic carbocycles. The van der Waals surface area contributed by atoms with Crippen LogP contribution in [-0.4, -0.2) is 74.6 Å². The molecule has 1 unspecified atom stereocenters. The van der Waals surface area contributed by atoms with Crippen LogP contribution >= 0.6 is 0 Å². The second-order valence-corrected chi connectivity index (χ2v) is 6.51. The van der Waals surface area contributed by atoms with E-state index >= 15 is 0 Å². The molecule has 0 bridgehead atoms. The lowest BCUT2D eigenvalue weighted by Crippen LogP contribution is -2.51. The fraction of sp³-hybridized carbons (Fsp3) is 0.579. The minimum Gasteiger partial charge on any atom is -0.497 e. The van der Waals surface area contributed by atoms with Crippen LogP contribution in [-0.2, 0) is 4.79 Å². The summed E-state index contributed by atoms with van der Waals surface area (Å²) in [4.78, 5) is 28.7. The minimum atomic E-state index is -0.0792. The lowest BCUT2D eigenvalue weighted by Gasteiger charge is -2.34. The number of methoxy groups -OCH3 is 2. The van der Waals surface area contributed by atoms with Gasteiger partial charge in [-0.15, -0.1) is 0 Å². The van der Waals surface area contributed by atoms with Crippen molar-refractivity contribution < 1.29 is 19.1 Å². The summed E-state index contributed by atoms with van der Waals surface area (Å²) >= 11 is 0. The first-order chi connectivity index (χ1) is 12.5. The van der Waals surface area contributed by atoms with Gasteiger partial charge >= 0.3 is 0 Å². The van der Waals surface area contributed by atoms with E-state index in [0.29, 0.717) is 49.8 Å². The Labute approximate surface area is 155 Å². The molecule has 0 spiro atoms. The zero-order valence-corrected chi connectivity index (χ0v) is 16.1. The smallest absolute Gasteiger partial charge is 0.257 e. The normalized spacial score (nSPS) is 16.1. The summed E-state index contributed by atoms with van der Waals surface area (Å²) in [5.74, 6) is 1.11.